The van der Waals surface area contributed by atoms with Gasteiger partial charge in [-0.25, -0.2) is 4.99 Å². The van der Waals surface area contributed by atoms with Gasteiger partial charge in [0.15, 0.2) is 5.96 Å². The Morgan fingerprint density at radius 2 is 2.14 bits per heavy atom. The van der Waals surface area contributed by atoms with E-state index in [1.54, 1.807) is 17.8 Å². The lowest BCUT2D eigenvalue weighted by Crippen LogP contribution is -2.44. The number of nitrogens with zero attached hydrogens (tertiary/aromatic N) is 3. The van der Waals surface area contributed by atoms with E-state index in [1.165, 1.54) is 0 Å². The van der Waals surface area contributed by atoms with E-state index in [1.807, 2.05) is 44.4 Å². The second-order valence-corrected chi connectivity index (χ2v) is 7.07. The summed E-state index contributed by atoms with van der Waals surface area (Å²) in [6.45, 7) is 8.24. The zero-order chi connectivity index (χ0) is 20.4. The number of hydrogen-bond donors (Lipinski definition) is 3. The molecule has 0 radical (unpaired) electrons. The third kappa shape index (κ3) is 6.88. The van der Waals surface area contributed by atoms with Crippen LogP contribution in [-0.4, -0.2) is 40.5 Å². The average Bonchev–Trinajstić information content (AvgIpc) is 3.12. The molecule has 1 unspecified atom stereocenters. The molecule has 28 heavy (non-hydrogen) atoms. The number of hydrogen-bond acceptors (Lipinski definition) is 4. The van der Waals surface area contributed by atoms with Crippen LogP contribution in [0.5, 0.6) is 5.75 Å². The van der Waals surface area contributed by atoms with Crippen LogP contribution in [0.4, 0.5) is 0 Å². The number of aryl methyl sites for hydroxylation is 1. The van der Waals surface area contributed by atoms with E-state index in [4.69, 9.17) is 4.74 Å². The maximum atomic E-state index is 10.7. The summed E-state index contributed by atoms with van der Waals surface area (Å²) >= 11 is 0. The van der Waals surface area contributed by atoms with Crippen LogP contribution in [0.3, 0.4) is 0 Å². The Morgan fingerprint density at radius 1 is 1.32 bits per heavy atom. The molecule has 7 nitrogen and oxygen atoms in total. The van der Waals surface area contributed by atoms with Gasteiger partial charge in [0.2, 0.25) is 0 Å². The first kappa shape index (κ1) is 21.8. The molecule has 2 aromatic rings. The molecule has 1 atom stereocenters. The summed E-state index contributed by atoms with van der Waals surface area (Å²) < 4.78 is 7.44. The summed E-state index contributed by atoms with van der Waals surface area (Å²) in [4.78, 5) is 4.63. The highest BCUT2D eigenvalue weighted by molar-refractivity contribution is 5.79. The summed E-state index contributed by atoms with van der Waals surface area (Å²) in [5, 5.41) is 21.3. The Kier molecular flexibility index (Phi) is 8.32. The minimum atomic E-state index is -1.04. The smallest absolute Gasteiger partial charge is 0.191 e. The minimum absolute atomic E-state index is 0.324. The van der Waals surface area contributed by atoms with E-state index in [0.29, 0.717) is 19.0 Å². The highest BCUT2D eigenvalue weighted by Crippen LogP contribution is 2.18. The number of aromatic nitrogens is 2. The zero-order valence-electron chi connectivity index (χ0n) is 17.4. The number of guanidine groups is 1. The molecule has 0 spiro atoms. The molecular formula is C21H33N5O2. The Morgan fingerprint density at radius 3 is 2.82 bits per heavy atom. The van der Waals surface area contributed by atoms with E-state index in [0.717, 1.165) is 42.9 Å². The van der Waals surface area contributed by atoms with Gasteiger partial charge in [-0.3, -0.25) is 4.68 Å². The van der Waals surface area contributed by atoms with Crippen LogP contribution in [0, 0.1) is 0 Å². The largest absolute Gasteiger partial charge is 0.494 e. The zero-order valence-corrected chi connectivity index (χ0v) is 17.4. The van der Waals surface area contributed by atoms with Crippen LogP contribution in [0.25, 0.3) is 0 Å². The van der Waals surface area contributed by atoms with Crippen LogP contribution in [0.2, 0.25) is 0 Å². The van der Waals surface area contributed by atoms with Crippen molar-refractivity contribution in [3.8, 4) is 5.75 Å². The maximum Gasteiger partial charge on any atom is 0.191 e. The van der Waals surface area contributed by atoms with Gasteiger partial charge < -0.3 is 20.5 Å². The molecule has 0 bridgehead atoms. The molecule has 0 aliphatic carbocycles. The predicted octanol–water partition coefficient (Wildman–Crippen LogP) is 2.56. The molecule has 0 saturated heterocycles. The number of aliphatic hydroxyl groups is 1. The van der Waals surface area contributed by atoms with Crippen molar-refractivity contribution in [1.29, 1.82) is 0 Å². The van der Waals surface area contributed by atoms with Gasteiger partial charge in [-0.1, -0.05) is 25.5 Å². The van der Waals surface area contributed by atoms with Gasteiger partial charge in [0.05, 0.1) is 25.9 Å². The SMILES string of the molecule is CCCCOc1cccc(CN=C(NCC)NCC(C)(O)c2cnn(C)c2)c1. The highest BCUT2D eigenvalue weighted by Gasteiger charge is 2.24. The summed E-state index contributed by atoms with van der Waals surface area (Å²) in [5.74, 6) is 1.53. The van der Waals surface area contributed by atoms with Gasteiger partial charge in [-0.2, -0.15) is 5.10 Å². The fraction of sp³-hybridized carbons (Fsp3) is 0.524. The van der Waals surface area contributed by atoms with Gasteiger partial charge in [-0.15, -0.1) is 0 Å². The molecule has 2 rings (SSSR count). The Bertz CT molecular complexity index is 755. The van der Waals surface area contributed by atoms with Crippen molar-refractivity contribution in [3.05, 3.63) is 47.8 Å². The lowest BCUT2D eigenvalue weighted by Gasteiger charge is -2.23. The standard InChI is InChI=1S/C21H33N5O2/c1-5-7-11-28-19-10-8-9-17(12-19)13-23-20(22-6-2)24-16-21(3,27)18-14-25-26(4)15-18/h8-10,12,14-15,27H,5-7,11,13,16H2,1-4H3,(H2,22,23,24). The first-order chi connectivity index (χ1) is 13.4. The number of nitrogens with one attached hydrogen (secondary N) is 2. The molecule has 0 amide bonds. The number of rotatable bonds is 10. The van der Waals surface area contributed by atoms with Crippen LogP contribution >= 0.6 is 0 Å². The minimum Gasteiger partial charge on any atom is -0.494 e. The van der Waals surface area contributed by atoms with E-state index < -0.39 is 5.60 Å². The van der Waals surface area contributed by atoms with Crippen molar-refractivity contribution in [1.82, 2.24) is 20.4 Å². The van der Waals surface area contributed by atoms with E-state index in [9.17, 15) is 5.11 Å². The quantitative estimate of drug-likeness (QED) is 0.331. The second-order valence-electron chi connectivity index (χ2n) is 7.07. The molecule has 0 saturated carbocycles. The first-order valence-corrected chi connectivity index (χ1v) is 9.90. The van der Waals surface area contributed by atoms with Crippen LogP contribution in [0.1, 0.15) is 44.7 Å². The van der Waals surface area contributed by atoms with Gasteiger partial charge in [-0.05, 0) is 38.0 Å². The summed E-state index contributed by atoms with van der Waals surface area (Å²) in [6, 6.07) is 8.01. The number of unbranched alkanes of at least 4 members (excludes halogenated alkanes) is 1. The second kappa shape index (κ2) is 10.7. The van der Waals surface area contributed by atoms with Crippen LogP contribution in [-0.2, 0) is 19.2 Å². The average molecular weight is 388 g/mol. The fourth-order valence-electron chi connectivity index (χ4n) is 2.64. The Balaban J connectivity index is 1.97. The molecule has 0 aliphatic rings. The molecular weight excluding hydrogens is 354 g/mol. The third-order valence-electron chi connectivity index (χ3n) is 4.36. The Labute approximate surface area is 167 Å². The normalized spacial score (nSPS) is 13.8. The molecule has 3 N–H and O–H groups in total. The van der Waals surface area contributed by atoms with Crippen molar-refractivity contribution in [2.45, 2.75) is 45.8 Å². The van der Waals surface area contributed by atoms with Gasteiger partial charge >= 0.3 is 0 Å². The van der Waals surface area contributed by atoms with Crippen molar-refractivity contribution >= 4 is 5.96 Å². The molecule has 1 aromatic carbocycles. The first-order valence-electron chi connectivity index (χ1n) is 9.90. The molecule has 1 aromatic heterocycles. The van der Waals surface area contributed by atoms with Crippen LogP contribution in [0.15, 0.2) is 41.7 Å². The lowest BCUT2D eigenvalue weighted by molar-refractivity contribution is 0.0616. The van der Waals surface area contributed by atoms with E-state index in [-0.39, 0.29) is 0 Å². The van der Waals surface area contributed by atoms with Crippen molar-refractivity contribution in [2.75, 3.05) is 19.7 Å². The van der Waals surface area contributed by atoms with E-state index in [2.05, 4.69) is 27.6 Å². The summed E-state index contributed by atoms with van der Waals surface area (Å²) in [7, 11) is 1.83. The van der Waals surface area contributed by atoms with Gasteiger partial charge in [0.25, 0.3) is 0 Å². The molecule has 154 valence electrons. The third-order valence-corrected chi connectivity index (χ3v) is 4.36. The number of benzene rings is 1. The highest BCUT2D eigenvalue weighted by atomic mass is 16.5. The maximum absolute atomic E-state index is 10.7. The Hall–Kier alpha value is -2.54. The summed E-state index contributed by atoms with van der Waals surface area (Å²) in [6.07, 6.45) is 5.66. The van der Waals surface area contributed by atoms with E-state index >= 15 is 0 Å². The molecule has 7 heteroatoms. The molecule has 0 fully saturated rings. The molecule has 0 aliphatic heterocycles. The number of ether oxygens (including phenoxy) is 1. The fourth-order valence-corrected chi connectivity index (χ4v) is 2.64. The number of aliphatic imine (C=N–C) groups is 1. The van der Waals surface area contributed by atoms with Crippen LogP contribution < -0.4 is 15.4 Å². The van der Waals surface area contributed by atoms with Gasteiger partial charge in [0, 0.05) is 25.4 Å². The van der Waals surface area contributed by atoms with Crippen molar-refractivity contribution < 1.29 is 9.84 Å². The van der Waals surface area contributed by atoms with Crippen molar-refractivity contribution in [2.24, 2.45) is 12.0 Å². The monoisotopic (exact) mass is 387 g/mol. The van der Waals surface area contributed by atoms with Gasteiger partial charge in [0.1, 0.15) is 11.4 Å². The molecule has 1 heterocycles. The van der Waals surface area contributed by atoms with Crippen molar-refractivity contribution in [3.63, 3.8) is 0 Å². The predicted molar refractivity (Wildman–Crippen MR) is 112 cm³/mol. The summed E-state index contributed by atoms with van der Waals surface area (Å²) in [5.41, 5.74) is 0.790. The lowest BCUT2D eigenvalue weighted by atomic mass is 10.00. The topological polar surface area (TPSA) is 83.7 Å².